The van der Waals surface area contributed by atoms with Gasteiger partial charge in [0.15, 0.2) is 11.6 Å². The molecule has 0 aliphatic carbocycles. The van der Waals surface area contributed by atoms with Crippen LogP contribution < -0.4 is 0 Å². The molecule has 0 saturated carbocycles. The maximum Gasteiger partial charge on any atom is 0.163 e. The number of rotatable bonds is 6. The largest absolute Gasteiger partial charge is 0.310 e. The molecule has 534 valence electrons. The van der Waals surface area contributed by atoms with Crippen LogP contribution in [0.4, 0.5) is 0 Å². The van der Waals surface area contributed by atoms with E-state index in [1.165, 1.54) is 43.6 Å². The van der Waals surface area contributed by atoms with Crippen molar-refractivity contribution in [1.82, 2.24) is 64.7 Å². The monoisotopic (exact) mass is 1410 g/mol. The zero-order valence-electron chi connectivity index (χ0n) is 62.6. The highest BCUT2D eigenvalue weighted by atomic mass is 15.5. The van der Waals surface area contributed by atoms with Crippen LogP contribution in [0.15, 0.2) is 377 Å². The third-order valence-corrected chi connectivity index (χ3v) is 16.7. The lowest BCUT2D eigenvalue weighted by molar-refractivity contribution is 0.747. The third kappa shape index (κ3) is 23.4. The molecule has 108 heavy (non-hydrogen) atoms. The molecule has 13 heteroatoms. The van der Waals surface area contributed by atoms with Crippen LogP contribution >= 0.6 is 0 Å². The molecule has 0 saturated heterocycles. The normalized spacial score (nSPS) is 10.1. The highest BCUT2D eigenvalue weighted by Crippen LogP contribution is 2.26. The number of pyridine rings is 4. The number of para-hydroxylation sites is 3. The first-order valence-electron chi connectivity index (χ1n) is 35.8. The second-order valence-electron chi connectivity index (χ2n) is 25.2. The van der Waals surface area contributed by atoms with E-state index < -0.39 is 0 Å². The van der Waals surface area contributed by atoms with Gasteiger partial charge in [-0.2, -0.15) is 9.90 Å². The average Bonchev–Trinajstić information content (AvgIpc) is 1.68. The molecule has 0 fully saturated rings. The van der Waals surface area contributed by atoms with E-state index >= 15 is 0 Å². The van der Waals surface area contributed by atoms with E-state index in [9.17, 15) is 0 Å². The molecule has 0 aliphatic rings. The summed E-state index contributed by atoms with van der Waals surface area (Å²) in [6, 6.07) is 118. The maximum absolute atomic E-state index is 4.56. The number of fused-ring (bicyclic) bond motifs is 3. The Hall–Kier alpha value is -13.8. The van der Waals surface area contributed by atoms with Gasteiger partial charge in [0.05, 0.1) is 34.0 Å². The molecule has 13 nitrogen and oxygen atoms in total. The van der Waals surface area contributed by atoms with E-state index in [4.69, 9.17) is 0 Å². The average molecular weight is 1410 g/mol. The predicted octanol–water partition coefficient (Wildman–Crippen LogP) is 22.6. The van der Waals surface area contributed by atoms with Crippen molar-refractivity contribution >= 4 is 32.4 Å². The fourth-order valence-electron chi connectivity index (χ4n) is 11.1. The van der Waals surface area contributed by atoms with Crippen molar-refractivity contribution in [2.24, 2.45) is 7.05 Å². The second-order valence-corrected chi connectivity index (χ2v) is 25.2. The van der Waals surface area contributed by atoms with E-state index in [2.05, 4.69) is 162 Å². The van der Waals surface area contributed by atoms with E-state index in [1.807, 2.05) is 325 Å². The number of hydrogen-bond donors (Lipinski definition) is 0. The third-order valence-electron chi connectivity index (χ3n) is 16.7. The van der Waals surface area contributed by atoms with E-state index in [0.717, 1.165) is 90.7 Å². The van der Waals surface area contributed by atoms with Crippen LogP contribution in [0.1, 0.15) is 45.2 Å². The van der Waals surface area contributed by atoms with Gasteiger partial charge in [-0.1, -0.05) is 302 Å². The van der Waals surface area contributed by atoms with Gasteiger partial charge in [-0.15, -0.1) is 20.4 Å². The Bertz CT molecular complexity index is 5300. The van der Waals surface area contributed by atoms with Crippen molar-refractivity contribution in [2.75, 3.05) is 0 Å². The zero-order chi connectivity index (χ0) is 75.5. The molecule has 18 aromatic rings. The fraction of sp³-hybridized carbons (Fsp3) is 0.0947. The first-order valence-corrected chi connectivity index (χ1v) is 35.8. The molecule has 7 aromatic heterocycles. The highest BCUT2D eigenvalue weighted by Gasteiger charge is 2.14. The molecule has 18 rings (SSSR count). The van der Waals surface area contributed by atoms with Gasteiger partial charge in [-0.05, 0) is 143 Å². The van der Waals surface area contributed by atoms with E-state index in [-0.39, 0.29) is 0 Å². The first kappa shape index (κ1) is 76.8. The molecule has 0 spiro atoms. The van der Waals surface area contributed by atoms with Gasteiger partial charge in [-0.25, -0.2) is 4.68 Å². The van der Waals surface area contributed by atoms with E-state index in [0.29, 0.717) is 0 Å². The van der Waals surface area contributed by atoms with Crippen LogP contribution in [-0.4, -0.2) is 64.7 Å². The van der Waals surface area contributed by atoms with Gasteiger partial charge in [0, 0.05) is 81.9 Å². The van der Waals surface area contributed by atoms with E-state index in [1.54, 1.807) is 17.2 Å². The molecule has 0 aliphatic heterocycles. The molecule has 0 bridgehead atoms. The molecule has 0 unspecified atom stereocenters. The minimum absolute atomic E-state index is 0.884. The minimum atomic E-state index is 0.884. The molecule has 0 atom stereocenters. The van der Waals surface area contributed by atoms with Crippen molar-refractivity contribution in [3.63, 3.8) is 0 Å². The first-order chi connectivity index (χ1) is 52.8. The topological polar surface area (TPSA) is 144 Å². The van der Waals surface area contributed by atoms with Crippen molar-refractivity contribution in [1.29, 1.82) is 0 Å². The van der Waals surface area contributed by atoms with Crippen molar-refractivity contribution < 1.29 is 0 Å². The number of aryl methyl sites for hydroxylation is 8. The molecule has 0 radical (unpaired) electrons. The van der Waals surface area contributed by atoms with Crippen molar-refractivity contribution in [3.8, 4) is 56.7 Å². The Morgan fingerprint density at radius 2 is 0.806 bits per heavy atom. The summed E-state index contributed by atoms with van der Waals surface area (Å²) in [6.07, 6.45) is 7.30. The summed E-state index contributed by atoms with van der Waals surface area (Å²) < 4.78 is 3.90. The quantitative estimate of drug-likeness (QED) is 0.158. The van der Waals surface area contributed by atoms with Crippen LogP contribution in [0, 0.1) is 55.4 Å². The summed E-state index contributed by atoms with van der Waals surface area (Å²) >= 11 is 0. The van der Waals surface area contributed by atoms with Gasteiger partial charge >= 0.3 is 0 Å². The Labute approximate surface area is 634 Å². The van der Waals surface area contributed by atoms with Gasteiger partial charge in [-0.3, -0.25) is 19.9 Å². The molecule has 11 aromatic carbocycles. The molecule has 0 N–H and O–H groups in total. The standard InChI is InChI=1S/3C15H13N3.C11H10.2C10H9N.C7H8.2C6H7N/c1-18-14(12-8-4-2-5-9-12)16-17-15(18)13-10-6-3-7-11-13;1-12-15(13-8-4-2-5-9-13)18(17-16-12)14-10-6-3-7-11-14;1-12-15(13-8-4-2-5-9-13)17-18(16-12)14-10-6-3-7-11-14;1-9-5-4-7-10-6-2-3-8-11(9)10;1-8-6-9-4-2-3-5-10(9)7-11-8;1-8-6-7-9-4-2-3-5-10(9)11-8;1-7-5-3-2-4-6-7;1-6-3-2-4-7-5-6;1-6-4-2-3-5-7-6/h3*2-11H,1H3;2-8H,1H3;2*2-7H,1H3;2-6H,1H3;2*2-5H,1H3. The van der Waals surface area contributed by atoms with Gasteiger partial charge in [0.2, 0.25) is 0 Å². The molecular weight excluding hydrogens is 1320 g/mol. The summed E-state index contributed by atoms with van der Waals surface area (Å²) in [7, 11) is 1.99. The molecule has 7 heterocycles. The number of aromatic nitrogens is 13. The van der Waals surface area contributed by atoms with Crippen molar-refractivity contribution in [3.05, 3.63) is 422 Å². The Kier molecular flexibility index (Phi) is 29.1. The van der Waals surface area contributed by atoms with Crippen molar-refractivity contribution in [2.45, 2.75) is 55.4 Å². The maximum atomic E-state index is 4.56. The fourth-order valence-corrected chi connectivity index (χ4v) is 11.1. The molecule has 0 amide bonds. The summed E-state index contributed by atoms with van der Waals surface area (Å²) in [5.41, 5.74) is 18.4. The summed E-state index contributed by atoms with van der Waals surface area (Å²) in [5, 5.41) is 32.3. The highest BCUT2D eigenvalue weighted by molar-refractivity contribution is 5.85. The minimum Gasteiger partial charge on any atom is -0.310 e. The van der Waals surface area contributed by atoms with Gasteiger partial charge in [0.1, 0.15) is 5.69 Å². The summed E-state index contributed by atoms with van der Waals surface area (Å²) in [4.78, 5) is 18.1. The summed E-state index contributed by atoms with van der Waals surface area (Å²) in [6.45, 7) is 16.2. The lowest BCUT2D eigenvalue weighted by atomic mass is 10.1. The lowest BCUT2D eigenvalue weighted by Crippen LogP contribution is -1.99. The van der Waals surface area contributed by atoms with Gasteiger partial charge < -0.3 is 4.57 Å². The predicted molar refractivity (Wildman–Crippen MR) is 446 cm³/mol. The number of hydrogen-bond acceptors (Lipinski definition) is 10. The van der Waals surface area contributed by atoms with Crippen LogP contribution in [0.25, 0.3) is 89.1 Å². The summed E-state index contributed by atoms with van der Waals surface area (Å²) in [5.74, 6) is 1.77. The van der Waals surface area contributed by atoms with Crippen LogP contribution in [-0.2, 0) is 7.05 Å². The molecular formula is C95H89N13. The second kappa shape index (κ2) is 40.9. The number of benzene rings is 11. The zero-order valence-corrected chi connectivity index (χ0v) is 62.6. The Morgan fingerprint density at radius 3 is 1.33 bits per heavy atom. The van der Waals surface area contributed by atoms with Crippen LogP contribution in [0.2, 0.25) is 0 Å². The van der Waals surface area contributed by atoms with Crippen LogP contribution in [0.3, 0.4) is 0 Å². The van der Waals surface area contributed by atoms with Gasteiger partial charge in [0.25, 0.3) is 0 Å². The Morgan fingerprint density at radius 1 is 0.306 bits per heavy atom. The SMILES string of the molecule is Cc1cc2ccccc2cn1.Cc1ccc2ccccc2n1.Cc1cccc2ccccc12.Cc1ccccc1.Cc1ccccn1.Cc1cccnc1.Cc1nn(-c2ccccc2)nc1-c1ccccc1.Cc1nnn(-c2ccccc2)c1-c1ccccc1.Cn1c(-c2ccccc2)nnc1-c1ccccc1. The smallest absolute Gasteiger partial charge is 0.163 e. The van der Waals surface area contributed by atoms with Crippen LogP contribution in [0.5, 0.6) is 0 Å². The lowest BCUT2D eigenvalue weighted by Gasteiger charge is -2.06. The number of nitrogens with zero attached hydrogens (tertiary/aromatic N) is 13. The Balaban J connectivity index is 0.000000132.